The summed E-state index contributed by atoms with van der Waals surface area (Å²) in [6.07, 6.45) is 3.01. The molecule has 1 saturated heterocycles. The van der Waals surface area contributed by atoms with Crippen LogP contribution in [0.15, 0.2) is 48.8 Å². The summed E-state index contributed by atoms with van der Waals surface area (Å²) in [6.45, 7) is 6.61. The molecule has 4 aromatic rings. The van der Waals surface area contributed by atoms with Crippen molar-refractivity contribution in [1.82, 2.24) is 14.9 Å². The van der Waals surface area contributed by atoms with Crippen LogP contribution in [-0.4, -0.2) is 55.7 Å². The average molecular weight is 635 g/mol. The van der Waals surface area contributed by atoms with Gasteiger partial charge in [0.05, 0.1) is 25.1 Å². The molecule has 14 heteroatoms. The first kappa shape index (κ1) is 31.4. The van der Waals surface area contributed by atoms with E-state index in [4.69, 9.17) is 14.2 Å². The number of carbonyl (C=O) groups is 1. The molecule has 5 rings (SSSR count). The quantitative estimate of drug-likeness (QED) is 0.103. The first-order valence-electron chi connectivity index (χ1n) is 13.8. The standard InChI is InChI=1S/C30H31F5N4O4Si/c1-44(2,3)9-8-41-17-39-13-20(18-4-5-21(31)22(32)10-18)26-25(6-7-36-28(26)39)43-27-23(33)11-19(12-24(27)34)38-29(40)37-14-30(35)15-42-16-30/h4-7,10-13H,8-9,14-17H2,1-3H3,(H2,37,38,40). The number of amides is 2. The number of alkyl halides is 1. The van der Waals surface area contributed by atoms with Crippen LogP contribution in [0.1, 0.15) is 0 Å². The van der Waals surface area contributed by atoms with Gasteiger partial charge in [-0.05, 0) is 29.8 Å². The fourth-order valence-electron chi connectivity index (χ4n) is 4.47. The molecule has 0 atom stereocenters. The van der Waals surface area contributed by atoms with Crippen molar-refractivity contribution in [3.05, 3.63) is 72.1 Å². The highest BCUT2D eigenvalue weighted by Crippen LogP contribution is 2.40. The van der Waals surface area contributed by atoms with E-state index in [2.05, 4.69) is 35.3 Å². The van der Waals surface area contributed by atoms with Gasteiger partial charge in [0.2, 0.25) is 0 Å². The number of rotatable bonds is 11. The molecule has 2 aromatic heterocycles. The second-order valence-electron chi connectivity index (χ2n) is 11.8. The summed E-state index contributed by atoms with van der Waals surface area (Å²) in [5.74, 6) is -5.16. The third kappa shape index (κ3) is 7.19. The van der Waals surface area contributed by atoms with Gasteiger partial charge in [-0.25, -0.2) is 31.7 Å². The van der Waals surface area contributed by atoms with Gasteiger partial charge in [0.15, 0.2) is 34.7 Å². The summed E-state index contributed by atoms with van der Waals surface area (Å²) in [5, 5.41) is 4.84. The molecular weight excluding hydrogens is 603 g/mol. The second-order valence-corrected chi connectivity index (χ2v) is 17.4. The molecule has 2 N–H and O–H groups in total. The number of fused-ring (bicyclic) bond motifs is 1. The zero-order chi connectivity index (χ0) is 31.6. The van der Waals surface area contributed by atoms with Gasteiger partial charge in [0.1, 0.15) is 18.1 Å². The van der Waals surface area contributed by atoms with E-state index in [-0.39, 0.29) is 48.9 Å². The fourth-order valence-corrected chi connectivity index (χ4v) is 5.23. The first-order valence-corrected chi connectivity index (χ1v) is 17.5. The number of aromatic nitrogens is 2. The minimum atomic E-state index is -1.68. The third-order valence-corrected chi connectivity index (χ3v) is 8.64. The van der Waals surface area contributed by atoms with Crippen LogP contribution in [0.3, 0.4) is 0 Å². The Kier molecular flexibility index (Phi) is 8.95. The van der Waals surface area contributed by atoms with Gasteiger partial charge >= 0.3 is 6.03 Å². The number of nitrogens with one attached hydrogen (secondary N) is 2. The van der Waals surface area contributed by atoms with Gasteiger partial charge in [-0.2, -0.15) is 0 Å². The number of nitrogens with zero attached hydrogens (tertiary/aromatic N) is 2. The van der Waals surface area contributed by atoms with Crippen molar-refractivity contribution in [1.29, 1.82) is 0 Å². The zero-order valence-corrected chi connectivity index (χ0v) is 25.3. The molecule has 0 bridgehead atoms. The van der Waals surface area contributed by atoms with E-state index < -0.39 is 48.8 Å². The van der Waals surface area contributed by atoms with Gasteiger partial charge in [-0.3, -0.25) is 0 Å². The number of hydrogen-bond donors (Lipinski definition) is 2. The van der Waals surface area contributed by atoms with Crippen molar-refractivity contribution in [3.8, 4) is 22.6 Å². The predicted octanol–water partition coefficient (Wildman–Crippen LogP) is 7.22. The molecule has 3 heterocycles. The number of benzene rings is 2. The number of halogens is 5. The van der Waals surface area contributed by atoms with E-state index >= 15 is 8.78 Å². The van der Waals surface area contributed by atoms with Gasteiger partial charge < -0.3 is 29.4 Å². The number of urea groups is 1. The Hall–Kier alpha value is -4.01. The molecule has 2 aromatic carbocycles. The number of anilines is 1. The molecule has 234 valence electrons. The maximum absolute atomic E-state index is 15.2. The summed E-state index contributed by atoms with van der Waals surface area (Å²) in [4.78, 5) is 16.5. The van der Waals surface area contributed by atoms with E-state index in [0.29, 0.717) is 17.8 Å². The van der Waals surface area contributed by atoms with Gasteiger partial charge in [-0.15, -0.1) is 0 Å². The van der Waals surface area contributed by atoms with Crippen molar-refractivity contribution < 1.29 is 41.0 Å². The lowest BCUT2D eigenvalue weighted by molar-refractivity contribution is -0.125. The first-order chi connectivity index (χ1) is 20.8. The summed E-state index contributed by atoms with van der Waals surface area (Å²) in [5.41, 5.74) is -0.935. The molecule has 0 aliphatic carbocycles. The molecule has 8 nitrogen and oxygen atoms in total. The highest BCUT2D eigenvalue weighted by atomic mass is 28.3. The molecule has 0 saturated carbocycles. The largest absolute Gasteiger partial charge is 0.450 e. The number of carbonyl (C=O) groups excluding carboxylic acids is 1. The van der Waals surface area contributed by atoms with Crippen LogP contribution in [0.25, 0.3) is 22.2 Å². The molecule has 44 heavy (non-hydrogen) atoms. The van der Waals surface area contributed by atoms with Crippen LogP contribution in [0.2, 0.25) is 25.7 Å². The molecule has 1 aliphatic rings. The predicted molar refractivity (Wildman–Crippen MR) is 157 cm³/mol. The number of hydrogen-bond acceptors (Lipinski definition) is 5. The Bertz CT molecular complexity index is 1670. The minimum absolute atomic E-state index is 0.0113. The normalized spacial score (nSPS) is 14.4. The van der Waals surface area contributed by atoms with Crippen LogP contribution in [0.5, 0.6) is 11.5 Å². The van der Waals surface area contributed by atoms with Crippen molar-refractivity contribution in [2.45, 2.75) is 38.1 Å². The SMILES string of the molecule is C[Si](C)(C)CCOCn1cc(-c2ccc(F)c(F)c2)c2c(Oc3c(F)cc(NC(=O)NCC4(F)COC4)cc3F)ccnc21. The second kappa shape index (κ2) is 12.5. The smallest absolute Gasteiger partial charge is 0.319 e. The highest BCUT2D eigenvalue weighted by Gasteiger charge is 2.39. The molecular formula is C30H31F5N4O4Si. The summed E-state index contributed by atoms with van der Waals surface area (Å²) < 4.78 is 90.4. The van der Waals surface area contributed by atoms with Crippen LogP contribution >= 0.6 is 0 Å². The van der Waals surface area contributed by atoms with Crippen molar-refractivity contribution >= 4 is 30.8 Å². The average Bonchev–Trinajstić information content (AvgIpc) is 3.31. The lowest BCUT2D eigenvalue weighted by atomic mass is 10.1. The van der Waals surface area contributed by atoms with E-state index in [0.717, 1.165) is 30.3 Å². The minimum Gasteiger partial charge on any atom is -0.450 e. The Balaban J connectivity index is 1.43. The lowest BCUT2D eigenvalue weighted by Crippen LogP contribution is -2.54. The van der Waals surface area contributed by atoms with Crippen molar-refractivity contribution in [2.75, 3.05) is 31.7 Å². The van der Waals surface area contributed by atoms with E-state index in [1.165, 1.54) is 18.3 Å². The molecule has 0 radical (unpaired) electrons. The van der Waals surface area contributed by atoms with Crippen LogP contribution in [0, 0.1) is 23.3 Å². The maximum Gasteiger partial charge on any atom is 0.319 e. The molecule has 0 spiro atoms. The van der Waals surface area contributed by atoms with Gasteiger partial charge in [0, 0.05) is 50.5 Å². The number of pyridine rings is 1. The molecule has 0 unspecified atom stereocenters. The summed E-state index contributed by atoms with van der Waals surface area (Å²) >= 11 is 0. The zero-order valence-electron chi connectivity index (χ0n) is 24.3. The molecule has 1 fully saturated rings. The van der Waals surface area contributed by atoms with Gasteiger partial charge in [0.25, 0.3) is 0 Å². The van der Waals surface area contributed by atoms with E-state index in [9.17, 15) is 18.0 Å². The monoisotopic (exact) mass is 634 g/mol. The highest BCUT2D eigenvalue weighted by molar-refractivity contribution is 6.76. The Morgan fingerprint density at radius 2 is 1.77 bits per heavy atom. The summed E-state index contributed by atoms with van der Waals surface area (Å²) in [6, 6.07) is 6.50. The summed E-state index contributed by atoms with van der Waals surface area (Å²) in [7, 11) is -1.36. The Morgan fingerprint density at radius 3 is 2.41 bits per heavy atom. The lowest BCUT2D eigenvalue weighted by Gasteiger charge is -2.33. The van der Waals surface area contributed by atoms with Crippen molar-refractivity contribution in [3.63, 3.8) is 0 Å². The van der Waals surface area contributed by atoms with E-state index in [1.54, 1.807) is 10.8 Å². The van der Waals surface area contributed by atoms with Crippen LogP contribution in [-0.2, 0) is 16.2 Å². The number of ether oxygens (including phenoxy) is 3. The van der Waals surface area contributed by atoms with Crippen LogP contribution in [0.4, 0.5) is 32.4 Å². The fraction of sp³-hybridized carbons (Fsp3) is 0.333. The molecule has 1 aliphatic heterocycles. The Morgan fingerprint density at radius 1 is 1.05 bits per heavy atom. The Labute approximate surface area is 251 Å². The third-order valence-electron chi connectivity index (χ3n) is 6.93. The van der Waals surface area contributed by atoms with Crippen LogP contribution < -0.4 is 15.4 Å². The van der Waals surface area contributed by atoms with E-state index in [1.807, 2.05) is 0 Å². The maximum atomic E-state index is 15.2. The van der Waals surface area contributed by atoms with Gasteiger partial charge in [-0.1, -0.05) is 25.7 Å². The topological polar surface area (TPSA) is 86.6 Å². The van der Waals surface area contributed by atoms with Crippen molar-refractivity contribution in [2.24, 2.45) is 0 Å². The molecule has 2 amide bonds.